The SMILES string of the molecule is O=C1NC(=O)N(c2ccccc2Cl)C(=O)[C@@H]1C=NCCN1CCOCC1. The number of aliphatic imine (C=N–C) groups is 1. The fourth-order valence-corrected chi connectivity index (χ4v) is 3.01. The number of ether oxygens (including phenoxy) is 1. The number of nitrogens with zero attached hydrogens (tertiary/aromatic N) is 3. The maximum atomic E-state index is 12.7. The van der Waals surface area contributed by atoms with Gasteiger partial charge in [0.1, 0.15) is 0 Å². The molecule has 2 saturated heterocycles. The molecule has 9 heteroatoms. The first-order valence-electron chi connectivity index (χ1n) is 8.31. The summed E-state index contributed by atoms with van der Waals surface area (Å²) in [5.41, 5.74) is 0.232. The topological polar surface area (TPSA) is 91.3 Å². The van der Waals surface area contributed by atoms with Gasteiger partial charge in [0.15, 0.2) is 5.92 Å². The van der Waals surface area contributed by atoms with Gasteiger partial charge in [0, 0.05) is 25.8 Å². The number of barbiturate groups is 1. The number of nitrogens with one attached hydrogen (secondary N) is 1. The molecule has 2 fully saturated rings. The van der Waals surface area contributed by atoms with Gasteiger partial charge in [-0.1, -0.05) is 23.7 Å². The number of hydrogen-bond donors (Lipinski definition) is 1. The van der Waals surface area contributed by atoms with Crippen LogP contribution in [0.25, 0.3) is 0 Å². The quantitative estimate of drug-likeness (QED) is 0.608. The van der Waals surface area contributed by atoms with Gasteiger partial charge < -0.3 is 4.74 Å². The second-order valence-corrected chi connectivity index (χ2v) is 6.31. The van der Waals surface area contributed by atoms with Crippen LogP contribution in [0.4, 0.5) is 10.5 Å². The van der Waals surface area contributed by atoms with Crippen LogP contribution in [-0.2, 0) is 14.3 Å². The minimum absolute atomic E-state index is 0.232. The molecule has 0 bridgehead atoms. The number of hydrogen-bond acceptors (Lipinski definition) is 6. The van der Waals surface area contributed by atoms with E-state index >= 15 is 0 Å². The maximum Gasteiger partial charge on any atom is 0.335 e. The summed E-state index contributed by atoms with van der Waals surface area (Å²) in [6, 6.07) is 5.64. The number of carbonyl (C=O) groups is 3. The summed E-state index contributed by atoms with van der Waals surface area (Å²) in [7, 11) is 0. The van der Waals surface area contributed by atoms with Crippen molar-refractivity contribution in [1.29, 1.82) is 0 Å². The van der Waals surface area contributed by atoms with Gasteiger partial charge in [0.25, 0.3) is 5.91 Å². The standard InChI is InChI=1S/C17H19ClN4O4/c18-13-3-1-2-4-14(13)22-16(24)12(15(23)20-17(22)25)11-19-5-6-21-7-9-26-10-8-21/h1-4,11-12H,5-10H2,(H,20,23,25)/t12-/m1/s1. The van der Waals surface area contributed by atoms with Gasteiger partial charge in [-0.3, -0.25) is 24.8 Å². The Bertz CT molecular complexity index is 733. The second kappa shape index (κ2) is 8.39. The Morgan fingerprint density at radius 3 is 2.69 bits per heavy atom. The van der Waals surface area contributed by atoms with Crippen molar-refractivity contribution in [2.24, 2.45) is 10.9 Å². The Morgan fingerprint density at radius 1 is 1.23 bits per heavy atom. The summed E-state index contributed by atoms with van der Waals surface area (Å²) in [5.74, 6) is -2.51. The molecule has 138 valence electrons. The van der Waals surface area contributed by atoms with Crippen molar-refractivity contribution >= 4 is 41.3 Å². The maximum absolute atomic E-state index is 12.7. The van der Waals surface area contributed by atoms with Gasteiger partial charge >= 0.3 is 6.03 Å². The van der Waals surface area contributed by atoms with E-state index in [1.54, 1.807) is 24.3 Å². The van der Waals surface area contributed by atoms with Crippen LogP contribution < -0.4 is 10.2 Å². The van der Waals surface area contributed by atoms with Gasteiger partial charge in [-0.15, -0.1) is 0 Å². The number of halogens is 1. The molecule has 3 rings (SSSR count). The average molecular weight is 379 g/mol. The van der Waals surface area contributed by atoms with Crippen LogP contribution in [0.2, 0.25) is 5.02 Å². The number of morpholine rings is 1. The van der Waals surface area contributed by atoms with Gasteiger partial charge in [-0.05, 0) is 12.1 Å². The van der Waals surface area contributed by atoms with Crippen molar-refractivity contribution in [2.75, 3.05) is 44.3 Å². The lowest BCUT2D eigenvalue weighted by atomic mass is 10.1. The number of imide groups is 2. The van der Waals surface area contributed by atoms with Crippen LogP contribution in [0.3, 0.4) is 0 Å². The number of carbonyl (C=O) groups excluding carboxylic acids is 3. The lowest BCUT2D eigenvalue weighted by Crippen LogP contribution is -2.58. The van der Waals surface area contributed by atoms with Gasteiger partial charge in [-0.2, -0.15) is 0 Å². The van der Waals surface area contributed by atoms with Crippen LogP contribution in [0.1, 0.15) is 0 Å². The van der Waals surface area contributed by atoms with Gasteiger partial charge in [-0.25, -0.2) is 9.69 Å². The number of para-hydroxylation sites is 1. The molecule has 1 atom stereocenters. The second-order valence-electron chi connectivity index (χ2n) is 5.91. The van der Waals surface area contributed by atoms with E-state index < -0.39 is 23.8 Å². The van der Waals surface area contributed by atoms with Crippen molar-refractivity contribution in [1.82, 2.24) is 10.2 Å². The lowest BCUT2D eigenvalue weighted by Gasteiger charge is -2.29. The van der Waals surface area contributed by atoms with Gasteiger partial charge in [0.2, 0.25) is 5.91 Å². The van der Waals surface area contributed by atoms with Crippen molar-refractivity contribution in [3.05, 3.63) is 29.3 Å². The summed E-state index contributed by atoms with van der Waals surface area (Å²) in [6.07, 6.45) is 1.30. The minimum atomic E-state index is -1.16. The predicted octanol–water partition coefficient (Wildman–Crippen LogP) is 0.942. The van der Waals surface area contributed by atoms with Crippen LogP contribution in [0.15, 0.2) is 29.3 Å². The molecule has 0 aromatic heterocycles. The Kier molecular flexibility index (Phi) is 5.97. The molecule has 2 aliphatic rings. The largest absolute Gasteiger partial charge is 0.379 e. The monoisotopic (exact) mass is 378 g/mol. The number of urea groups is 1. The number of anilines is 1. The Labute approximate surface area is 155 Å². The molecule has 0 radical (unpaired) electrons. The predicted molar refractivity (Wildman–Crippen MR) is 96.6 cm³/mol. The summed E-state index contributed by atoms with van der Waals surface area (Å²) >= 11 is 6.08. The zero-order chi connectivity index (χ0) is 18.5. The molecule has 0 aliphatic carbocycles. The van der Waals surface area contributed by atoms with Crippen molar-refractivity contribution in [2.45, 2.75) is 0 Å². The average Bonchev–Trinajstić information content (AvgIpc) is 2.63. The Hall–Kier alpha value is -2.29. The van der Waals surface area contributed by atoms with E-state index in [0.29, 0.717) is 19.8 Å². The third kappa shape index (κ3) is 4.09. The fraction of sp³-hybridized carbons (Fsp3) is 0.412. The summed E-state index contributed by atoms with van der Waals surface area (Å²) in [5, 5.41) is 2.42. The number of benzene rings is 1. The van der Waals surface area contributed by atoms with E-state index in [0.717, 1.165) is 24.5 Å². The number of rotatable bonds is 5. The first-order chi connectivity index (χ1) is 12.6. The summed E-state index contributed by atoms with van der Waals surface area (Å²) < 4.78 is 5.28. The van der Waals surface area contributed by atoms with Crippen molar-refractivity contribution in [3.63, 3.8) is 0 Å². The van der Waals surface area contributed by atoms with E-state index in [9.17, 15) is 14.4 Å². The van der Waals surface area contributed by atoms with E-state index in [-0.39, 0.29) is 10.7 Å². The molecule has 2 heterocycles. The summed E-state index contributed by atoms with van der Waals surface area (Å²) in [6.45, 7) is 4.25. The zero-order valence-corrected chi connectivity index (χ0v) is 14.8. The molecule has 1 aromatic rings. The molecule has 0 spiro atoms. The Balaban J connectivity index is 1.67. The molecule has 1 aromatic carbocycles. The normalized spacial score (nSPS) is 22.1. The Morgan fingerprint density at radius 2 is 1.96 bits per heavy atom. The molecular formula is C17H19ClN4O4. The third-order valence-electron chi connectivity index (χ3n) is 4.20. The molecule has 0 saturated carbocycles. The molecule has 26 heavy (non-hydrogen) atoms. The molecule has 8 nitrogen and oxygen atoms in total. The van der Waals surface area contributed by atoms with E-state index in [4.69, 9.17) is 16.3 Å². The fourth-order valence-electron chi connectivity index (χ4n) is 2.79. The lowest BCUT2D eigenvalue weighted by molar-refractivity contribution is -0.131. The summed E-state index contributed by atoms with van der Waals surface area (Å²) in [4.78, 5) is 44.1. The molecule has 1 N–H and O–H groups in total. The van der Waals surface area contributed by atoms with Crippen LogP contribution >= 0.6 is 11.6 Å². The van der Waals surface area contributed by atoms with E-state index in [1.165, 1.54) is 6.21 Å². The molecular weight excluding hydrogens is 360 g/mol. The highest BCUT2D eigenvalue weighted by Gasteiger charge is 2.41. The first-order valence-corrected chi connectivity index (χ1v) is 8.69. The highest BCUT2D eigenvalue weighted by molar-refractivity contribution is 6.38. The third-order valence-corrected chi connectivity index (χ3v) is 4.52. The molecule has 0 unspecified atom stereocenters. The van der Waals surface area contributed by atoms with Crippen LogP contribution in [-0.4, -0.2) is 68.4 Å². The van der Waals surface area contributed by atoms with Gasteiger partial charge in [0.05, 0.1) is 30.5 Å². The molecule has 2 aliphatic heterocycles. The molecule has 4 amide bonds. The van der Waals surface area contributed by atoms with E-state index in [2.05, 4.69) is 15.2 Å². The van der Waals surface area contributed by atoms with Crippen LogP contribution in [0.5, 0.6) is 0 Å². The first kappa shape index (κ1) is 18.5. The smallest absolute Gasteiger partial charge is 0.335 e. The highest BCUT2D eigenvalue weighted by atomic mass is 35.5. The zero-order valence-electron chi connectivity index (χ0n) is 14.1. The van der Waals surface area contributed by atoms with Crippen molar-refractivity contribution in [3.8, 4) is 0 Å². The van der Waals surface area contributed by atoms with Crippen LogP contribution in [0, 0.1) is 5.92 Å². The highest BCUT2D eigenvalue weighted by Crippen LogP contribution is 2.28. The minimum Gasteiger partial charge on any atom is -0.379 e. The number of amides is 4. The van der Waals surface area contributed by atoms with Crippen molar-refractivity contribution < 1.29 is 19.1 Å². The van der Waals surface area contributed by atoms with E-state index in [1.807, 2.05) is 0 Å².